The van der Waals surface area contributed by atoms with Crippen LogP contribution < -0.4 is 5.56 Å². The molecule has 0 saturated heterocycles. The van der Waals surface area contributed by atoms with Gasteiger partial charge in [0.1, 0.15) is 0 Å². The van der Waals surface area contributed by atoms with Crippen LogP contribution in [0.4, 0.5) is 0 Å². The Kier molecular flexibility index (Phi) is 4.88. The van der Waals surface area contributed by atoms with Crippen LogP contribution in [-0.4, -0.2) is 15.1 Å². The van der Waals surface area contributed by atoms with E-state index in [0.717, 1.165) is 27.2 Å². The lowest BCUT2D eigenvalue weighted by atomic mass is 9.99. The summed E-state index contributed by atoms with van der Waals surface area (Å²) >= 11 is 12.2. The fourth-order valence-corrected chi connectivity index (χ4v) is 3.07. The molecule has 3 aromatic rings. The molecule has 0 unspecified atom stereocenters. The van der Waals surface area contributed by atoms with Crippen LogP contribution in [0.15, 0.2) is 59.4 Å². The van der Waals surface area contributed by atoms with E-state index in [1.165, 1.54) is 11.6 Å². The van der Waals surface area contributed by atoms with Gasteiger partial charge in [0.2, 0.25) is 0 Å². The average Bonchev–Trinajstić information content (AvgIpc) is 2.59. The largest absolute Gasteiger partial charge is 0.268 e. The third-order valence-corrected chi connectivity index (χ3v) is 4.65. The van der Waals surface area contributed by atoms with Gasteiger partial charge >= 0.3 is 0 Å². The van der Waals surface area contributed by atoms with Crippen LogP contribution in [0.1, 0.15) is 27.9 Å². The second-order valence-electron chi connectivity index (χ2n) is 5.56. The molecule has 0 saturated carbocycles. The maximum Gasteiger partial charge on any atom is 0.264 e. The first-order valence-electron chi connectivity index (χ1n) is 7.48. The zero-order chi connectivity index (χ0) is 17.1. The summed E-state index contributed by atoms with van der Waals surface area (Å²) in [5.74, 6) is 0. The quantitative estimate of drug-likeness (QED) is 0.567. The number of benzene rings is 2. The third-order valence-electron chi connectivity index (χ3n) is 3.75. The van der Waals surface area contributed by atoms with Gasteiger partial charge in [-0.15, -0.1) is 0 Å². The van der Waals surface area contributed by atoms with Crippen LogP contribution >= 0.6 is 23.8 Å². The fourth-order valence-electron chi connectivity index (χ4n) is 2.42. The number of aromatic nitrogens is 2. The highest BCUT2D eigenvalue weighted by molar-refractivity contribution is 7.81. The molecule has 0 aliphatic rings. The van der Waals surface area contributed by atoms with Gasteiger partial charge in [-0.05, 0) is 24.1 Å². The lowest BCUT2D eigenvalue weighted by molar-refractivity contribution is 0.910. The number of rotatable bonds is 4. The molecule has 2 aromatic carbocycles. The summed E-state index contributed by atoms with van der Waals surface area (Å²) < 4.78 is 0. The second kappa shape index (κ2) is 7.07. The van der Waals surface area contributed by atoms with E-state index < -0.39 is 0 Å². The zero-order valence-electron chi connectivity index (χ0n) is 13.0. The Morgan fingerprint density at radius 3 is 2.54 bits per heavy atom. The predicted molar refractivity (Wildman–Crippen MR) is 101 cm³/mol. The minimum atomic E-state index is -0.223. The molecule has 3 nitrogen and oxygen atoms in total. The number of hydrogen-bond donors (Lipinski definition) is 1. The van der Waals surface area contributed by atoms with E-state index in [1.807, 2.05) is 49.4 Å². The van der Waals surface area contributed by atoms with Crippen molar-refractivity contribution in [1.82, 2.24) is 10.2 Å². The van der Waals surface area contributed by atoms with Crippen molar-refractivity contribution < 1.29 is 0 Å². The molecule has 0 bridgehead atoms. The number of H-pyrrole nitrogens is 1. The van der Waals surface area contributed by atoms with E-state index >= 15 is 0 Å². The topological polar surface area (TPSA) is 45.8 Å². The summed E-state index contributed by atoms with van der Waals surface area (Å²) in [6, 6.07) is 17.0. The van der Waals surface area contributed by atoms with Crippen molar-refractivity contribution in [3.05, 3.63) is 97.9 Å². The van der Waals surface area contributed by atoms with Crippen LogP contribution in [0.5, 0.6) is 0 Å². The van der Waals surface area contributed by atoms with E-state index in [9.17, 15) is 4.79 Å². The molecule has 0 spiro atoms. The zero-order valence-corrected chi connectivity index (χ0v) is 14.6. The molecule has 0 radical (unpaired) electrons. The summed E-state index contributed by atoms with van der Waals surface area (Å²) in [6.45, 7) is 2.04. The lowest BCUT2D eigenvalue weighted by Crippen LogP contribution is -2.08. The normalized spacial score (nSPS) is 10.6. The van der Waals surface area contributed by atoms with Crippen molar-refractivity contribution in [2.24, 2.45) is 0 Å². The minimum absolute atomic E-state index is 0.223. The smallest absolute Gasteiger partial charge is 0.264 e. The van der Waals surface area contributed by atoms with Crippen molar-refractivity contribution >= 4 is 28.7 Å². The van der Waals surface area contributed by atoms with Crippen LogP contribution in [0.2, 0.25) is 5.02 Å². The van der Waals surface area contributed by atoms with Crippen LogP contribution in [0.3, 0.4) is 0 Å². The molecule has 0 aliphatic heterocycles. The standard InChI is InChI=1S/C19H15ClN2OS/c1-12-5-7-13(8-6-12)19(24)16-4-2-3-14(18(16)20)11-15-9-10-17(23)22-21-15/h2-10H,11H2,1H3,(H,22,23). The second-order valence-corrected chi connectivity index (χ2v) is 6.35. The maximum absolute atomic E-state index is 11.1. The summed E-state index contributed by atoms with van der Waals surface area (Å²) in [5, 5.41) is 7.08. The molecule has 0 atom stereocenters. The fraction of sp³-hybridized carbons (Fsp3) is 0.105. The number of thiocarbonyl (C=S) groups is 1. The van der Waals surface area contributed by atoms with Gasteiger partial charge < -0.3 is 0 Å². The Hall–Kier alpha value is -2.30. The molecule has 3 rings (SSSR count). The SMILES string of the molecule is Cc1ccc(C(=S)c2cccc(Cc3ccc(=O)[nH]n3)c2Cl)cc1. The van der Waals surface area contributed by atoms with E-state index in [4.69, 9.17) is 23.8 Å². The van der Waals surface area contributed by atoms with E-state index in [1.54, 1.807) is 6.07 Å². The molecule has 24 heavy (non-hydrogen) atoms. The monoisotopic (exact) mass is 354 g/mol. The highest BCUT2D eigenvalue weighted by Gasteiger charge is 2.12. The van der Waals surface area contributed by atoms with Crippen LogP contribution in [0.25, 0.3) is 0 Å². The molecule has 0 fully saturated rings. The van der Waals surface area contributed by atoms with Gasteiger partial charge in [-0.2, -0.15) is 5.10 Å². The molecule has 0 amide bonds. The highest BCUT2D eigenvalue weighted by atomic mass is 35.5. The van der Waals surface area contributed by atoms with Gasteiger partial charge in [-0.1, -0.05) is 71.8 Å². The van der Waals surface area contributed by atoms with E-state index in [0.29, 0.717) is 11.4 Å². The highest BCUT2D eigenvalue weighted by Crippen LogP contribution is 2.26. The van der Waals surface area contributed by atoms with Gasteiger partial charge in [0, 0.05) is 18.1 Å². The van der Waals surface area contributed by atoms with Crippen LogP contribution in [0, 0.1) is 6.92 Å². The Morgan fingerprint density at radius 2 is 1.88 bits per heavy atom. The summed E-state index contributed by atoms with van der Waals surface area (Å²) in [6.07, 6.45) is 0.528. The summed E-state index contributed by atoms with van der Waals surface area (Å²) in [7, 11) is 0. The minimum Gasteiger partial charge on any atom is -0.268 e. The lowest BCUT2D eigenvalue weighted by Gasteiger charge is -2.11. The molecule has 120 valence electrons. The summed E-state index contributed by atoms with van der Waals surface area (Å²) in [4.78, 5) is 11.8. The molecule has 1 N–H and O–H groups in total. The molecular formula is C19H15ClN2OS. The van der Waals surface area contributed by atoms with Gasteiger partial charge in [0.25, 0.3) is 5.56 Å². The Balaban J connectivity index is 1.93. The molecule has 1 heterocycles. The first-order chi connectivity index (χ1) is 11.5. The summed E-state index contributed by atoms with van der Waals surface area (Å²) in [5.41, 5.74) is 4.43. The number of hydrogen-bond acceptors (Lipinski definition) is 3. The Labute approximate surface area is 150 Å². The van der Waals surface area contributed by atoms with Gasteiger partial charge in [-0.25, -0.2) is 5.10 Å². The van der Waals surface area contributed by atoms with Gasteiger partial charge in [-0.3, -0.25) is 4.79 Å². The number of aryl methyl sites for hydroxylation is 1. The van der Waals surface area contributed by atoms with E-state index in [2.05, 4.69) is 10.2 Å². The molecule has 1 aromatic heterocycles. The average molecular weight is 355 g/mol. The number of aromatic amines is 1. The Bertz CT molecular complexity index is 928. The Morgan fingerprint density at radius 1 is 1.12 bits per heavy atom. The molecule has 5 heteroatoms. The van der Waals surface area contributed by atoms with Gasteiger partial charge in [0.15, 0.2) is 0 Å². The van der Waals surface area contributed by atoms with Gasteiger partial charge in [0.05, 0.1) is 15.6 Å². The van der Waals surface area contributed by atoms with E-state index in [-0.39, 0.29) is 5.56 Å². The number of halogens is 1. The van der Waals surface area contributed by atoms with Crippen molar-refractivity contribution in [1.29, 1.82) is 0 Å². The van der Waals surface area contributed by atoms with Crippen molar-refractivity contribution in [2.45, 2.75) is 13.3 Å². The van der Waals surface area contributed by atoms with Crippen LogP contribution in [-0.2, 0) is 6.42 Å². The predicted octanol–water partition coefficient (Wildman–Crippen LogP) is 4.09. The van der Waals surface area contributed by atoms with Crippen molar-refractivity contribution in [2.75, 3.05) is 0 Å². The number of nitrogens with one attached hydrogen (secondary N) is 1. The third kappa shape index (κ3) is 3.61. The first-order valence-corrected chi connectivity index (χ1v) is 8.26. The molecular weight excluding hydrogens is 340 g/mol. The maximum atomic E-state index is 11.1. The van der Waals surface area contributed by atoms with Crippen molar-refractivity contribution in [3.8, 4) is 0 Å². The van der Waals surface area contributed by atoms with Crippen molar-refractivity contribution in [3.63, 3.8) is 0 Å². The first kappa shape index (κ1) is 16.6. The number of nitrogens with zero attached hydrogens (tertiary/aromatic N) is 1. The molecule has 0 aliphatic carbocycles.